The van der Waals surface area contributed by atoms with E-state index in [1.165, 1.54) is 23.8 Å². The van der Waals surface area contributed by atoms with E-state index in [1.807, 2.05) is 0 Å². The number of hydrogen-bond donors (Lipinski definition) is 0. The molecule has 2 aliphatic heterocycles. The zero-order valence-corrected chi connectivity index (χ0v) is 11.9. The topological polar surface area (TPSA) is 25.4 Å². The largest absolute Gasteiger partial charge is 0.381 e. The fraction of sp³-hybridized carbons (Fsp3) is 0.471. The first kappa shape index (κ1) is 12.2. The normalized spacial score (nSPS) is 25.9. The number of rotatable bonds is 1. The maximum atomic E-state index is 5.62. The Hall–Kier alpha value is -1.61. The summed E-state index contributed by atoms with van der Waals surface area (Å²) in [6.07, 6.45) is 2.44. The van der Waals surface area contributed by atoms with Gasteiger partial charge < -0.3 is 9.64 Å². The van der Waals surface area contributed by atoms with Crippen molar-refractivity contribution in [3.8, 4) is 0 Å². The van der Waals surface area contributed by atoms with E-state index in [2.05, 4.69) is 42.2 Å². The number of nitrogens with zero attached hydrogens (tertiary/aromatic N) is 2. The molecule has 2 fully saturated rings. The number of ether oxygens (including phenoxy) is 1. The van der Waals surface area contributed by atoms with Crippen LogP contribution in [0, 0.1) is 12.3 Å². The molecule has 0 N–H and O–H groups in total. The SMILES string of the molecule is Cc1cc2ccccc2nc1N1CCC2(CCOC2)C1. The Morgan fingerprint density at radius 2 is 2.15 bits per heavy atom. The summed E-state index contributed by atoms with van der Waals surface area (Å²) < 4.78 is 5.62. The van der Waals surface area contributed by atoms with Crippen LogP contribution in [0.25, 0.3) is 10.9 Å². The lowest BCUT2D eigenvalue weighted by Gasteiger charge is -2.24. The zero-order valence-electron chi connectivity index (χ0n) is 11.9. The van der Waals surface area contributed by atoms with E-state index < -0.39 is 0 Å². The predicted molar refractivity (Wildman–Crippen MR) is 81.2 cm³/mol. The van der Waals surface area contributed by atoms with Crippen LogP contribution in [0.3, 0.4) is 0 Å². The van der Waals surface area contributed by atoms with E-state index in [0.29, 0.717) is 5.41 Å². The predicted octanol–water partition coefficient (Wildman–Crippen LogP) is 3.16. The van der Waals surface area contributed by atoms with E-state index in [9.17, 15) is 0 Å². The fourth-order valence-corrected chi connectivity index (χ4v) is 3.62. The maximum Gasteiger partial charge on any atom is 0.132 e. The first-order valence-electron chi connectivity index (χ1n) is 7.45. The lowest BCUT2D eigenvalue weighted by Crippen LogP contribution is -2.28. The minimum absolute atomic E-state index is 0.389. The van der Waals surface area contributed by atoms with Crippen LogP contribution in [0.1, 0.15) is 18.4 Å². The molecule has 0 saturated carbocycles. The Kier molecular flexibility index (Phi) is 2.71. The van der Waals surface area contributed by atoms with Crippen molar-refractivity contribution in [1.29, 1.82) is 0 Å². The fourth-order valence-electron chi connectivity index (χ4n) is 3.62. The summed E-state index contributed by atoms with van der Waals surface area (Å²) in [5, 5.41) is 1.23. The van der Waals surface area contributed by atoms with Crippen LogP contribution in [-0.4, -0.2) is 31.3 Å². The van der Waals surface area contributed by atoms with Gasteiger partial charge >= 0.3 is 0 Å². The molecule has 3 heterocycles. The van der Waals surface area contributed by atoms with Crippen LogP contribution in [0.15, 0.2) is 30.3 Å². The van der Waals surface area contributed by atoms with Crippen molar-refractivity contribution in [3.63, 3.8) is 0 Å². The molecule has 0 bridgehead atoms. The average molecular weight is 268 g/mol. The minimum Gasteiger partial charge on any atom is -0.381 e. The highest BCUT2D eigenvalue weighted by Crippen LogP contribution is 2.40. The second kappa shape index (κ2) is 4.45. The second-order valence-corrected chi connectivity index (χ2v) is 6.30. The van der Waals surface area contributed by atoms with Crippen LogP contribution in [0.4, 0.5) is 5.82 Å². The molecule has 1 aromatic heterocycles. The van der Waals surface area contributed by atoms with Gasteiger partial charge in [0.2, 0.25) is 0 Å². The molecule has 2 aromatic rings. The van der Waals surface area contributed by atoms with Gasteiger partial charge in [-0.2, -0.15) is 0 Å². The highest BCUT2D eigenvalue weighted by Gasteiger charge is 2.41. The van der Waals surface area contributed by atoms with E-state index in [0.717, 1.165) is 37.6 Å². The molecule has 3 nitrogen and oxygen atoms in total. The summed E-state index contributed by atoms with van der Waals surface area (Å²) >= 11 is 0. The molecule has 0 amide bonds. The number of anilines is 1. The number of aromatic nitrogens is 1. The van der Waals surface area contributed by atoms with Crippen LogP contribution in [-0.2, 0) is 4.74 Å². The molecule has 3 heteroatoms. The van der Waals surface area contributed by atoms with Crippen LogP contribution in [0.2, 0.25) is 0 Å². The number of fused-ring (bicyclic) bond motifs is 1. The van der Waals surface area contributed by atoms with Crippen molar-refractivity contribution in [2.45, 2.75) is 19.8 Å². The first-order valence-corrected chi connectivity index (χ1v) is 7.45. The maximum absolute atomic E-state index is 5.62. The Bertz CT molecular complexity index is 646. The standard InChI is InChI=1S/C17H20N2O/c1-13-10-14-4-2-3-5-15(14)18-16(13)19-8-6-17(11-19)7-9-20-12-17/h2-5,10H,6-9,11-12H2,1H3. The van der Waals surface area contributed by atoms with Gasteiger partial charge in [-0.15, -0.1) is 0 Å². The molecule has 1 aromatic carbocycles. The highest BCUT2D eigenvalue weighted by molar-refractivity contribution is 5.81. The summed E-state index contributed by atoms with van der Waals surface area (Å²) in [5.41, 5.74) is 2.76. The van der Waals surface area contributed by atoms with Gasteiger partial charge in [-0.3, -0.25) is 0 Å². The molecule has 104 valence electrons. The Morgan fingerprint density at radius 3 is 3.00 bits per heavy atom. The van der Waals surface area contributed by atoms with Crippen LogP contribution in [0.5, 0.6) is 0 Å². The number of benzene rings is 1. The molecular formula is C17H20N2O. The summed E-state index contributed by atoms with van der Waals surface area (Å²) in [4.78, 5) is 7.35. The Labute approximate surface area is 119 Å². The number of para-hydroxylation sites is 1. The quantitative estimate of drug-likeness (QED) is 0.794. The molecule has 1 spiro atoms. The average Bonchev–Trinajstić information content (AvgIpc) is 3.09. The number of aryl methyl sites for hydroxylation is 1. The third-order valence-corrected chi connectivity index (χ3v) is 4.81. The van der Waals surface area contributed by atoms with Gasteiger partial charge in [-0.25, -0.2) is 4.98 Å². The highest BCUT2D eigenvalue weighted by atomic mass is 16.5. The zero-order chi connectivity index (χ0) is 13.6. The molecular weight excluding hydrogens is 248 g/mol. The number of pyridine rings is 1. The van der Waals surface area contributed by atoms with E-state index in [-0.39, 0.29) is 0 Å². The molecule has 2 aliphatic rings. The molecule has 0 radical (unpaired) electrons. The van der Waals surface area contributed by atoms with Crippen molar-refractivity contribution >= 4 is 16.7 Å². The van der Waals surface area contributed by atoms with E-state index >= 15 is 0 Å². The van der Waals surface area contributed by atoms with Crippen LogP contribution >= 0.6 is 0 Å². The van der Waals surface area contributed by atoms with Gasteiger partial charge in [0.15, 0.2) is 0 Å². The number of hydrogen-bond acceptors (Lipinski definition) is 3. The summed E-state index contributed by atoms with van der Waals surface area (Å²) in [7, 11) is 0. The summed E-state index contributed by atoms with van der Waals surface area (Å²) in [6, 6.07) is 10.6. The van der Waals surface area contributed by atoms with Crippen molar-refractivity contribution in [3.05, 3.63) is 35.9 Å². The smallest absolute Gasteiger partial charge is 0.132 e. The third kappa shape index (κ3) is 1.88. The lowest BCUT2D eigenvalue weighted by molar-refractivity contribution is 0.160. The van der Waals surface area contributed by atoms with Crippen molar-refractivity contribution < 1.29 is 4.74 Å². The molecule has 1 atom stereocenters. The van der Waals surface area contributed by atoms with Crippen molar-refractivity contribution in [2.24, 2.45) is 5.41 Å². The molecule has 4 rings (SSSR count). The van der Waals surface area contributed by atoms with Gasteiger partial charge in [0, 0.05) is 30.5 Å². The minimum atomic E-state index is 0.389. The molecule has 0 aliphatic carbocycles. The monoisotopic (exact) mass is 268 g/mol. The Balaban J connectivity index is 1.70. The molecule has 1 unspecified atom stereocenters. The first-order chi connectivity index (χ1) is 9.76. The lowest BCUT2D eigenvalue weighted by atomic mass is 9.87. The Morgan fingerprint density at radius 1 is 1.25 bits per heavy atom. The van der Waals surface area contributed by atoms with Gasteiger partial charge in [0.05, 0.1) is 12.1 Å². The molecule has 20 heavy (non-hydrogen) atoms. The van der Waals surface area contributed by atoms with E-state index in [4.69, 9.17) is 9.72 Å². The summed E-state index contributed by atoms with van der Waals surface area (Å²) in [5.74, 6) is 1.16. The van der Waals surface area contributed by atoms with Gasteiger partial charge in [-0.1, -0.05) is 18.2 Å². The van der Waals surface area contributed by atoms with Gasteiger partial charge in [0.25, 0.3) is 0 Å². The van der Waals surface area contributed by atoms with Crippen LogP contribution < -0.4 is 4.90 Å². The summed E-state index contributed by atoms with van der Waals surface area (Å²) in [6.45, 7) is 6.23. The second-order valence-electron chi connectivity index (χ2n) is 6.30. The van der Waals surface area contributed by atoms with Gasteiger partial charge in [-0.05, 0) is 37.5 Å². The van der Waals surface area contributed by atoms with E-state index in [1.54, 1.807) is 0 Å². The van der Waals surface area contributed by atoms with Gasteiger partial charge in [0.1, 0.15) is 5.82 Å². The van der Waals surface area contributed by atoms with Crippen molar-refractivity contribution in [1.82, 2.24) is 4.98 Å². The third-order valence-electron chi connectivity index (χ3n) is 4.81. The molecule has 2 saturated heterocycles. The van der Waals surface area contributed by atoms with Crippen molar-refractivity contribution in [2.75, 3.05) is 31.2 Å².